The van der Waals surface area contributed by atoms with Crippen LogP contribution in [0.5, 0.6) is 0 Å². The van der Waals surface area contributed by atoms with E-state index in [0.29, 0.717) is 0 Å². The van der Waals surface area contributed by atoms with Crippen LogP contribution >= 0.6 is 24.4 Å². The van der Waals surface area contributed by atoms with Crippen LogP contribution in [0.1, 0.15) is 50.5 Å². The summed E-state index contributed by atoms with van der Waals surface area (Å²) in [5.41, 5.74) is 1.13. The van der Waals surface area contributed by atoms with Crippen molar-refractivity contribution in [2.75, 3.05) is 11.5 Å². The van der Waals surface area contributed by atoms with E-state index in [4.69, 9.17) is 0 Å². The molecule has 0 N–H and O–H groups in total. The van der Waals surface area contributed by atoms with E-state index in [0.717, 1.165) is 22.2 Å². The molecule has 0 saturated carbocycles. The van der Waals surface area contributed by atoms with Gasteiger partial charge >= 0.3 is 0 Å². The smallest absolute Gasteiger partial charge is 0.187 e. The molecule has 0 spiro atoms. The average Bonchev–Trinajstić information content (AvgIpc) is 2.39. The summed E-state index contributed by atoms with van der Waals surface area (Å²) in [5, 5.41) is 0.911. The fourth-order valence-corrected chi connectivity index (χ4v) is 2.73. The van der Waals surface area contributed by atoms with Crippen LogP contribution in [-0.4, -0.2) is 21.5 Å². The molecule has 1 rings (SSSR count). The Labute approximate surface area is 121 Å². The highest BCUT2D eigenvalue weighted by molar-refractivity contribution is 7.99. The molecule has 102 valence electrons. The van der Waals surface area contributed by atoms with Gasteiger partial charge < -0.3 is 0 Å². The molecule has 18 heavy (non-hydrogen) atoms. The van der Waals surface area contributed by atoms with Crippen molar-refractivity contribution in [1.82, 2.24) is 9.97 Å². The van der Waals surface area contributed by atoms with Crippen LogP contribution in [-0.2, 0) is 0 Å². The summed E-state index contributed by atoms with van der Waals surface area (Å²) < 4.78 is 0. The molecule has 1 aromatic rings. The second-order valence-corrected chi connectivity index (χ2v) is 6.10. The molecule has 0 atom stereocenters. The molecule has 1 heterocycles. The van der Waals surface area contributed by atoms with Crippen LogP contribution < -0.4 is 0 Å². The minimum atomic E-state index is 0.911. The van der Waals surface area contributed by atoms with E-state index in [-0.39, 0.29) is 0 Å². The normalized spacial score (nSPS) is 10.8. The average molecular weight is 284 g/mol. The van der Waals surface area contributed by atoms with Crippen LogP contribution in [0.4, 0.5) is 0 Å². The third-order valence-electron chi connectivity index (χ3n) is 2.79. The quantitative estimate of drug-likeness (QED) is 0.296. The van der Waals surface area contributed by atoms with Gasteiger partial charge in [-0.15, -0.1) is 0 Å². The molecule has 0 radical (unpaired) electrons. The minimum absolute atomic E-state index is 0.911. The Kier molecular flexibility index (Phi) is 9.40. The molecule has 0 aromatic carbocycles. The molecule has 0 fully saturated rings. The van der Waals surface area contributed by atoms with Crippen LogP contribution in [0.25, 0.3) is 0 Å². The van der Waals surface area contributed by atoms with Crippen molar-refractivity contribution in [3.05, 3.63) is 18.0 Å². The summed E-state index contributed by atoms with van der Waals surface area (Å²) in [5.74, 6) is 2.17. The van der Waals surface area contributed by atoms with Crippen molar-refractivity contribution < 1.29 is 0 Å². The fourth-order valence-electron chi connectivity index (χ4n) is 1.72. The SMILES string of the molecule is Cc1cnc(SCCCCCCCCCS)nc1. The van der Waals surface area contributed by atoms with Crippen LogP contribution in [0.15, 0.2) is 17.6 Å². The Hall–Kier alpha value is -0.220. The third-order valence-corrected chi connectivity index (χ3v) is 4.07. The van der Waals surface area contributed by atoms with E-state index in [2.05, 4.69) is 22.6 Å². The van der Waals surface area contributed by atoms with E-state index in [1.807, 2.05) is 19.3 Å². The Balaban J connectivity index is 1.91. The summed E-state index contributed by atoms with van der Waals surface area (Å²) in [4.78, 5) is 8.58. The first-order valence-electron chi connectivity index (χ1n) is 6.85. The molecule has 0 bridgehead atoms. The molecule has 0 aliphatic carbocycles. The van der Waals surface area contributed by atoms with Crippen molar-refractivity contribution in [1.29, 1.82) is 0 Å². The van der Waals surface area contributed by atoms with E-state index in [9.17, 15) is 0 Å². The number of hydrogen-bond acceptors (Lipinski definition) is 4. The maximum Gasteiger partial charge on any atom is 0.187 e. The Morgan fingerprint density at radius 1 is 0.944 bits per heavy atom. The summed E-state index contributed by atoms with van der Waals surface area (Å²) in [6, 6.07) is 0. The minimum Gasteiger partial charge on any atom is -0.231 e. The second kappa shape index (κ2) is 10.7. The number of aromatic nitrogens is 2. The molecule has 0 saturated heterocycles. The molecule has 2 nitrogen and oxygen atoms in total. The van der Waals surface area contributed by atoms with E-state index < -0.39 is 0 Å². The lowest BCUT2D eigenvalue weighted by Crippen LogP contribution is -1.89. The maximum absolute atomic E-state index is 4.29. The first-order chi connectivity index (χ1) is 8.83. The number of aryl methyl sites for hydroxylation is 1. The molecule has 0 unspecified atom stereocenters. The predicted molar refractivity (Wildman–Crippen MR) is 83.7 cm³/mol. The van der Waals surface area contributed by atoms with Crippen LogP contribution in [0.3, 0.4) is 0 Å². The highest BCUT2D eigenvalue weighted by atomic mass is 32.2. The van der Waals surface area contributed by atoms with Gasteiger partial charge in [-0.2, -0.15) is 12.6 Å². The highest BCUT2D eigenvalue weighted by Gasteiger charge is 1.97. The van der Waals surface area contributed by atoms with Gasteiger partial charge in [-0.1, -0.05) is 43.9 Å². The number of hydrogen-bond donors (Lipinski definition) is 1. The van der Waals surface area contributed by atoms with Crippen molar-refractivity contribution >= 4 is 24.4 Å². The number of rotatable bonds is 10. The van der Waals surface area contributed by atoms with Crippen LogP contribution in [0, 0.1) is 6.92 Å². The zero-order valence-corrected chi connectivity index (χ0v) is 13.0. The van der Waals surface area contributed by atoms with Crippen molar-refractivity contribution in [3.63, 3.8) is 0 Å². The summed E-state index contributed by atoms with van der Waals surface area (Å²) in [6.07, 6.45) is 13.1. The molecule has 4 heteroatoms. The number of unbranched alkanes of at least 4 members (excludes halogenated alkanes) is 6. The fraction of sp³-hybridized carbons (Fsp3) is 0.714. The first kappa shape index (κ1) is 15.8. The molecule has 0 aliphatic rings. The number of nitrogens with zero attached hydrogens (tertiary/aromatic N) is 2. The van der Waals surface area contributed by atoms with Gasteiger partial charge in [0, 0.05) is 18.1 Å². The third kappa shape index (κ3) is 7.98. The van der Waals surface area contributed by atoms with E-state index >= 15 is 0 Å². The van der Waals surface area contributed by atoms with Crippen molar-refractivity contribution in [2.24, 2.45) is 0 Å². The van der Waals surface area contributed by atoms with E-state index in [1.54, 1.807) is 11.8 Å². The van der Waals surface area contributed by atoms with Crippen molar-refractivity contribution in [2.45, 2.75) is 57.0 Å². The Morgan fingerprint density at radius 3 is 2.11 bits per heavy atom. The lowest BCUT2D eigenvalue weighted by Gasteiger charge is -2.01. The largest absolute Gasteiger partial charge is 0.231 e. The summed E-state index contributed by atoms with van der Waals surface area (Å²) >= 11 is 5.99. The highest BCUT2D eigenvalue weighted by Crippen LogP contribution is 2.15. The van der Waals surface area contributed by atoms with Gasteiger partial charge in [-0.25, -0.2) is 9.97 Å². The van der Waals surface area contributed by atoms with Crippen LogP contribution in [0.2, 0.25) is 0 Å². The Morgan fingerprint density at radius 2 is 1.50 bits per heavy atom. The lowest BCUT2D eigenvalue weighted by atomic mass is 10.1. The molecule has 1 aromatic heterocycles. The zero-order valence-electron chi connectivity index (χ0n) is 11.3. The van der Waals surface area contributed by atoms with Gasteiger partial charge in [0.1, 0.15) is 0 Å². The standard InChI is InChI=1S/C14H24N2S2/c1-13-11-15-14(16-12-13)18-10-8-6-4-2-3-5-7-9-17/h11-12,17H,2-10H2,1H3. The van der Waals surface area contributed by atoms with Gasteiger partial charge in [0.15, 0.2) is 5.16 Å². The van der Waals surface area contributed by atoms with Crippen molar-refractivity contribution in [3.8, 4) is 0 Å². The summed E-state index contributed by atoms with van der Waals surface area (Å²) in [6.45, 7) is 2.02. The number of thioether (sulfide) groups is 1. The Bertz CT molecular complexity index is 301. The van der Waals surface area contributed by atoms with Gasteiger partial charge in [-0.3, -0.25) is 0 Å². The van der Waals surface area contributed by atoms with Gasteiger partial charge in [0.25, 0.3) is 0 Å². The van der Waals surface area contributed by atoms with E-state index in [1.165, 1.54) is 44.9 Å². The predicted octanol–water partition coefficient (Wildman–Crippen LogP) is 4.54. The first-order valence-corrected chi connectivity index (χ1v) is 8.47. The topological polar surface area (TPSA) is 25.8 Å². The van der Waals surface area contributed by atoms with Gasteiger partial charge in [0.2, 0.25) is 0 Å². The second-order valence-electron chi connectivity index (χ2n) is 4.59. The molecular weight excluding hydrogens is 260 g/mol. The molecule has 0 amide bonds. The number of thiol groups is 1. The summed E-state index contributed by atoms with van der Waals surface area (Å²) in [7, 11) is 0. The molecule has 0 aliphatic heterocycles. The zero-order chi connectivity index (χ0) is 13.1. The lowest BCUT2D eigenvalue weighted by molar-refractivity contribution is 0.605. The molecular formula is C14H24N2S2. The van der Waals surface area contributed by atoms with Gasteiger partial charge in [0.05, 0.1) is 0 Å². The monoisotopic (exact) mass is 284 g/mol. The maximum atomic E-state index is 4.29. The van der Waals surface area contributed by atoms with Gasteiger partial charge in [-0.05, 0) is 31.1 Å².